The highest BCUT2D eigenvalue weighted by molar-refractivity contribution is 8.93. The van der Waals surface area contributed by atoms with Crippen LogP contribution in [-0.4, -0.2) is 18.5 Å². The molecule has 0 spiro atoms. The molecule has 0 saturated heterocycles. The van der Waals surface area contributed by atoms with Gasteiger partial charge >= 0.3 is 0 Å². The van der Waals surface area contributed by atoms with E-state index < -0.39 is 0 Å². The first-order valence-corrected chi connectivity index (χ1v) is 4.97. The first-order chi connectivity index (χ1) is 3.35. The molecule has 0 fully saturated rings. The molecule has 0 aromatic heterocycles. The van der Waals surface area contributed by atoms with E-state index in [-0.39, 0.29) is 17.0 Å². The monoisotopic (exact) mass is 198 g/mol. The van der Waals surface area contributed by atoms with Crippen LogP contribution in [0.3, 0.4) is 0 Å². The van der Waals surface area contributed by atoms with Gasteiger partial charge in [-0.25, -0.2) is 0 Å². The summed E-state index contributed by atoms with van der Waals surface area (Å²) in [5.74, 6) is 0. The van der Waals surface area contributed by atoms with Crippen molar-refractivity contribution in [1.29, 1.82) is 0 Å². The zero-order valence-electron chi connectivity index (χ0n) is 5.98. The van der Waals surface area contributed by atoms with Crippen LogP contribution in [0.25, 0.3) is 0 Å². The quantitative estimate of drug-likeness (QED) is 0.612. The Morgan fingerprint density at radius 3 is 1.12 bits per heavy atom. The summed E-state index contributed by atoms with van der Waals surface area (Å²) in [7, 11) is 0.446. The van der Waals surface area contributed by atoms with Crippen LogP contribution >= 0.6 is 24.9 Å². The second-order valence-electron chi connectivity index (χ2n) is 1.62. The minimum absolute atomic E-state index is 0. The van der Waals surface area contributed by atoms with Gasteiger partial charge in [-0.1, -0.05) is 20.8 Å². The van der Waals surface area contributed by atoms with Crippen LogP contribution in [0.4, 0.5) is 0 Å². The average Bonchev–Trinajstić information content (AvgIpc) is 1.72. The molecule has 0 unspecified atom stereocenters. The van der Waals surface area contributed by atoms with E-state index >= 15 is 0 Å². The molecule has 0 heterocycles. The first-order valence-electron chi connectivity index (χ1n) is 3.07. The normalized spacial score (nSPS) is 9.00. The van der Waals surface area contributed by atoms with Gasteiger partial charge in [0.1, 0.15) is 0 Å². The van der Waals surface area contributed by atoms with E-state index in [4.69, 9.17) is 0 Å². The Bertz CT molecular complexity index is 30.0. The Morgan fingerprint density at radius 2 is 1.12 bits per heavy atom. The van der Waals surface area contributed by atoms with Crippen molar-refractivity contribution in [2.45, 2.75) is 20.8 Å². The highest BCUT2D eigenvalue weighted by Gasteiger charge is 1.94. The maximum Gasteiger partial charge on any atom is -0.0355 e. The van der Waals surface area contributed by atoms with Crippen molar-refractivity contribution < 1.29 is 0 Å². The van der Waals surface area contributed by atoms with Gasteiger partial charge in [0.25, 0.3) is 0 Å². The van der Waals surface area contributed by atoms with Gasteiger partial charge in [-0.3, -0.25) is 0 Å². The molecule has 0 aromatic carbocycles. The van der Waals surface area contributed by atoms with Crippen molar-refractivity contribution in [3.8, 4) is 0 Å². The van der Waals surface area contributed by atoms with Crippen LogP contribution in [0.2, 0.25) is 0 Å². The highest BCUT2D eigenvalue weighted by atomic mass is 79.9. The van der Waals surface area contributed by atoms with Crippen molar-refractivity contribution >= 4 is 24.9 Å². The molecule has 0 bridgehead atoms. The number of hydrogen-bond acceptors (Lipinski definition) is 0. The van der Waals surface area contributed by atoms with Crippen LogP contribution in [0, 0.1) is 0 Å². The SMILES string of the molecule is Br.CCP(CC)CC. The van der Waals surface area contributed by atoms with E-state index in [1.807, 2.05) is 0 Å². The van der Waals surface area contributed by atoms with E-state index in [0.29, 0.717) is 7.92 Å². The molecule has 2 heteroatoms. The zero-order valence-corrected chi connectivity index (χ0v) is 8.58. The summed E-state index contributed by atoms with van der Waals surface area (Å²) in [6.07, 6.45) is 4.26. The van der Waals surface area contributed by atoms with Gasteiger partial charge in [-0.05, 0) is 18.5 Å². The van der Waals surface area contributed by atoms with Gasteiger partial charge in [0, 0.05) is 0 Å². The van der Waals surface area contributed by atoms with Crippen LogP contribution in [0.5, 0.6) is 0 Å². The van der Waals surface area contributed by atoms with Crippen molar-refractivity contribution in [3.05, 3.63) is 0 Å². The number of halogens is 1. The summed E-state index contributed by atoms with van der Waals surface area (Å²) in [6.45, 7) is 6.87. The lowest BCUT2D eigenvalue weighted by Crippen LogP contribution is -1.83. The second-order valence-corrected chi connectivity index (χ2v) is 4.86. The largest absolute Gasteiger partial charge is 0.114 e. The second kappa shape index (κ2) is 7.91. The van der Waals surface area contributed by atoms with Gasteiger partial charge in [0.2, 0.25) is 0 Å². The molecule has 0 aliphatic rings. The van der Waals surface area contributed by atoms with Crippen molar-refractivity contribution in [1.82, 2.24) is 0 Å². The number of rotatable bonds is 3. The molecular weight excluding hydrogens is 183 g/mol. The third-order valence-corrected chi connectivity index (χ3v) is 4.02. The predicted octanol–water partition coefficient (Wildman–Crippen LogP) is 3.11. The molecule has 0 aliphatic carbocycles. The minimum atomic E-state index is 0. The summed E-state index contributed by atoms with van der Waals surface area (Å²) in [6, 6.07) is 0. The lowest BCUT2D eigenvalue weighted by atomic mass is 10.9. The molecule has 0 rings (SSSR count). The molecule has 0 radical (unpaired) electrons. The molecule has 0 aliphatic heterocycles. The maximum absolute atomic E-state index is 2.29. The third-order valence-electron chi connectivity index (χ3n) is 1.34. The number of hydrogen-bond donors (Lipinski definition) is 0. The molecule has 0 aromatic rings. The molecule has 0 amide bonds. The molecule has 52 valence electrons. The Kier molecular flexibility index (Phi) is 11.5. The van der Waals surface area contributed by atoms with Crippen LogP contribution in [0.1, 0.15) is 20.8 Å². The Labute approximate surface area is 64.6 Å². The van der Waals surface area contributed by atoms with Gasteiger partial charge in [0.05, 0.1) is 0 Å². The van der Waals surface area contributed by atoms with E-state index in [0.717, 1.165) is 0 Å². The molecule has 0 saturated carbocycles. The fourth-order valence-corrected chi connectivity index (χ4v) is 2.01. The fraction of sp³-hybridized carbons (Fsp3) is 1.00. The van der Waals surface area contributed by atoms with Gasteiger partial charge in [0.15, 0.2) is 0 Å². The molecule has 0 nitrogen and oxygen atoms in total. The van der Waals surface area contributed by atoms with E-state index in [2.05, 4.69) is 20.8 Å². The zero-order chi connectivity index (χ0) is 5.70. The highest BCUT2D eigenvalue weighted by Crippen LogP contribution is 2.32. The Hall–Kier alpha value is 0.910. The van der Waals surface area contributed by atoms with Crippen molar-refractivity contribution in [2.24, 2.45) is 0 Å². The lowest BCUT2D eigenvalue weighted by Gasteiger charge is -2.07. The smallest absolute Gasteiger partial charge is 0.0355 e. The molecule has 8 heavy (non-hydrogen) atoms. The topological polar surface area (TPSA) is 0 Å². The summed E-state index contributed by atoms with van der Waals surface area (Å²) in [4.78, 5) is 0. The molecule has 0 N–H and O–H groups in total. The van der Waals surface area contributed by atoms with Crippen molar-refractivity contribution in [2.75, 3.05) is 18.5 Å². The average molecular weight is 199 g/mol. The van der Waals surface area contributed by atoms with Gasteiger partial charge in [-0.15, -0.1) is 24.9 Å². The maximum atomic E-state index is 2.29. The van der Waals surface area contributed by atoms with Crippen LogP contribution < -0.4 is 0 Å². The lowest BCUT2D eigenvalue weighted by molar-refractivity contribution is 1.35. The van der Waals surface area contributed by atoms with E-state index in [1.54, 1.807) is 0 Å². The van der Waals surface area contributed by atoms with Crippen LogP contribution in [-0.2, 0) is 0 Å². The van der Waals surface area contributed by atoms with Crippen LogP contribution in [0.15, 0.2) is 0 Å². The summed E-state index contributed by atoms with van der Waals surface area (Å²) >= 11 is 0. The van der Waals surface area contributed by atoms with Crippen molar-refractivity contribution in [3.63, 3.8) is 0 Å². The summed E-state index contributed by atoms with van der Waals surface area (Å²) < 4.78 is 0. The summed E-state index contributed by atoms with van der Waals surface area (Å²) in [5.41, 5.74) is 0. The Balaban J connectivity index is 0. The fourth-order valence-electron chi connectivity index (χ4n) is 0.671. The molecule has 0 atom stereocenters. The first kappa shape index (κ1) is 11.7. The Morgan fingerprint density at radius 1 is 0.875 bits per heavy atom. The minimum Gasteiger partial charge on any atom is -0.114 e. The van der Waals surface area contributed by atoms with Gasteiger partial charge < -0.3 is 0 Å². The van der Waals surface area contributed by atoms with E-state index in [1.165, 1.54) is 18.5 Å². The molecular formula is C6H16BrP. The third kappa shape index (κ3) is 5.05. The van der Waals surface area contributed by atoms with E-state index in [9.17, 15) is 0 Å². The standard InChI is InChI=1S/C6H15P.BrH/c1-4-7(5-2)6-3;/h4-6H2,1-3H3;1H. The predicted molar refractivity (Wildman–Crippen MR) is 48.9 cm³/mol. The van der Waals surface area contributed by atoms with Gasteiger partial charge in [-0.2, -0.15) is 0 Å². The summed E-state index contributed by atoms with van der Waals surface area (Å²) in [5, 5.41) is 0.